The van der Waals surface area contributed by atoms with Crippen molar-refractivity contribution in [2.24, 2.45) is 5.92 Å². The summed E-state index contributed by atoms with van der Waals surface area (Å²) in [6, 6.07) is 18.9. The van der Waals surface area contributed by atoms with Crippen LogP contribution in [-0.2, 0) is 4.79 Å². The molecule has 0 aliphatic heterocycles. The van der Waals surface area contributed by atoms with E-state index in [2.05, 4.69) is 11.4 Å². The summed E-state index contributed by atoms with van der Waals surface area (Å²) in [5.41, 5.74) is 1.33. The van der Waals surface area contributed by atoms with Crippen LogP contribution in [0.5, 0.6) is 5.75 Å². The molecule has 1 N–H and O–H groups in total. The van der Waals surface area contributed by atoms with Crippen LogP contribution >= 0.6 is 0 Å². The zero-order valence-electron chi connectivity index (χ0n) is 14.2. The van der Waals surface area contributed by atoms with Crippen molar-refractivity contribution >= 4 is 11.6 Å². The molecule has 0 saturated heterocycles. The Labute approximate surface area is 148 Å². The van der Waals surface area contributed by atoms with E-state index in [1.165, 1.54) is 0 Å². The Kier molecular flexibility index (Phi) is 5.69. The highest BCUT2D eigenvalue weighted by Gasteiger charge is 2.24. The quantitative estimate of drug-likeness (QED) is 0.874. The number of anilines is 1. The lowest BCUT2D eigenvalue weighted by Gasteiger charge is -2.28. The molecule has 1 amide bonds. The summed E-state index contributed by atoms with van der Waals surface area (Å²) in [6.07, 6.45) is 4.79. The Hall–Kier alpha value is -2.80. The van der Waals surface area contributed by atoms with Gasteiger partial charge in [0.25, 0.3) is 0 Å². The van der Waals surface area contributed by atoms with E-state index in [4.69, 9.17) is 10.00 Å². The zero-order valence-corrected chi connectivity index (χ0v) is 14.2. The number of nitrogens with zero attached hydrogens (tertiary/aromatic N) is 1. The lowest BCUT2D eigenvalue weighted by atomic mass is 9.85. The van der Waals surface area contributed by atoms with E-state index in [0.717, 1.165) is 37.1 Å². The maximum absolute atomic E-state index is 12.2. The normalized spacial score (nSPS) is 19.6. The van der Waals surface area contributed by atoms with Gasteiger partial charge in [-0.2, -0.15) is 5.26 Å². The first-order chi connectivity index (χ1) is 12.2. The minimum atomic E-state index is 0.0390. The van der Waals surface area contributed by atoms with Gasteiger partial charge >= 0.3 is 0 Å². The smallest absolute Gasteiger partial charge is 0.224 e. The molecule has 0 atom stereocenters. The van der Waals surface area contributed by atoms with Crippen molar-refractivity contribution in [3.05, 3.63) is 60.2 Å². The number of carbonyl (C=O) groups excluding carboxylic acids is 1. The third kappa shape index (κ3) is 5.09. The average molecular weight is 334 g/mol. The van der Waals surface area contributed by atoms with Crippen molar-refractivity contribution in [1.82, 2.24) is 0 Å². The van der Waals surface area contributed by atoms with E-state index in [1.807, 2.05) is 30.3 Å². The first-order valence-electron chi connectivity index (χ1n) is 8.74. The van der Waals surface area contributed by atoms with Gasteiger partial charge in [0.15, 0.2) is 0 Å². The number of carbonyl (C=O) groups is 1. The van der Waals surface area contributed by atoms with E-state index in [9.17, 15) is 4.79 Å². The number of benzene rings is 2. The number of nitrogens with one attached hydrogen (secondary N) is 1. The van der Waals surface area contributed by atoms with Crippen LogP contribution in [0.1, 0.15) is 37.7 Å². The first-order valence-corrected chi connectivity index (χ1v) is 8.74. The molecule has 0 unspecified atom stereocenters. The van der Waals surface area contributed by atoms with Gasteiger partial charge in [-0.3, -0.25) is 4.79 Å². The number of hydrogen-bond acceptors (Lipinski definition) is 3. The molecule has 0 heterocycles. The molecular formula is C21H22N2O2. The summed E-state index contributed by atoms with van der Waals surface area (Å²) in [4.78, 5) is 12.2. The molecule has 1 fully saturated rings. The lowest BCUT2D eigenvalue weighted by Crippen LogP contribution is -2.26. The van der Waals surface area contributed by atoms with E-state index in [0.29, 0.717) is 17.9 Å². The van der Waals surface area contributed by atoms with Gasteiger partial charge in [0, 0.05) is 12.1 Å². The number of para-hydroxylation sites is 1. The molecule has 0 spiro atoms. The summed E-state index contributed by atoms with van der Waals surface area (Å²) in [5.74, 6) is 1.37. The van der Waals surface area contributed by atoms with Crippen LogP contribution in [0.4, 0.5) is 5.69 Å². The van der Waals surface area contributed by atoms with Gasteiger partial charge in [0.05, 0.1) is 17.7 Å². The Morgan fingerprint density at radius 1 is 1.04 bits per heavy atom. The molecule has 0 aromatic heterocycles. The van der Waals surface area contributed by atoms with Gasteiger partial charge in [-0.25, -0.2) is 0 Å². The largest absolute Gasteiger partial charge is 0.490 e. The third-order valence-corrected chi connectivity index (χ3v) is 4.61. The van der Waals surface area contributed by atoms with Crippen molar-refractivity contribution in [3.63, 3.8) is 0 Å². The van der Waals surface area contributed by atoms with Crippen LogP contribution in [0.25, 0.3) is 0 Å². The van der Waals surface area contributed by atoms with Crippen molar-refractivity contribution in [3.8, 4) is 11.8 Å². The minimum Gasteiger partial charge on any atom is -0.490 e. The van der Waals surface area contributed by atoms with E-state index >= 15 is 0 Å². The summed E-state index contributed by atoms with van der Waals surface area (Å²) in [7, 11) is 0. The number of nitriles is 1. The lowest BCUT2D eigenvalue weighted by molar-refractivity contribution is -0.117. The van der Waals surface area contributed by atoms with Crippen molar-refractivity contribution in [2.75, 3.05) is 5.32 Å². The topological polar surface area (TPSA) is 62.1 Å². The summed E-state index contributed by atoms with van der Waals surface area (Å²) in [6.45, 7) is 0. The highest BCUT2D eigenvalue weighted by molar-refractivity contribution is 5.90. The molecule has 1 aliphatic rings. The fourth-order valence-corrected chi connectivity index (χ4v) is 3.25. The second kappa shape index (κ2) is 8.34. The van der Waals surface area contributed by atoms with Gasteiger partial charge in [-0.05, 0) is 68.0 Å². The number of amides is 1. The van der Waals surface area contributed by atoms with Crippen LogP contribution in [-0.4, -0.2) is 12.0 Å². The molecule has 4 heteroatoms. The molecule has 2 aromatic carbocycles. The highest BCUT2D eigenvalue weighted by atomic mass is 16.5. The molecule has 128 valence electrons. The van der Waals surface area contributed by atoms with E-state index in [-0.39, 0.29) is 12.0 Å². The summed E-state index contributed by atoms with van der Waals surface area (Å²) in [5, 5.41) is 11.7. The van der Waals surface area contributed by atoms with Crippen LogP contribution in [0.15, 0.2) is 54.6 Å². The fourth-order valence-electron chi connectivity index (χ4n) is 3.25. The maximum atomic E-state index is 12.2. The second-order valence-corrected chi connectivity index (χ2v) is 6.52. The second-order valence-electron chi connectivity index (χ2n) is 6.52. The number of rotatable bonds is 5. The minimum absolute atomic E-state index is 0.0390. The number of ether oxygens (including phenoxy) is 1. The molecule has 1 saturated carbocycles. The molecule has 2 aromatic rings. The maximum Gasteiger partial charge on any atom is 0.224 e. The molecule has 0 bridgehead atoms. The molecule has 3 rings (SSSR count). The van der Waals surface area contributed by atoms with Crippen LogP contribution in [0.2, 0.25) is 0 Å². The molecule has 25 heavy (non-hydrogen) atoms. The van der Waals surface area contributed by atoms with Crippen molar-refractivity contribution in [1.29, 1.82) is 5.26 Å². The Morgan fingerprint density at radius 2 is 1.72 bits per heavy atom. The fraction of sp³-hybridized carbons (Fsp3) is 0.333. The van der Waals surface area contributed by atoms with Gasteiger partial charge in [0.2, 0.25) is 5.91 Å². The Morgan fingerprint density at radius 3 is 2.36 bits per heavy atom. The predicted octanol–water partition coefficient (Wildman–Crippen LogP) is 4.52. The molecular weight excluding hydrogens is 312 g/mol. The molecule has 1 aliphatic carbocycles. The van der Waals surface area contributed by atoms with Gasteiger partial charge < -0.3 is 10.1 Å². The van der Waals surface area contributed by atoms with Gasteiger partial charge in [-0.15, -0.1) is 0 Å². The van der Waals surface area contributed by atoms with E-state index in [1.54, 1.807) is 24.3 Å². The zero-order chi connectivity index (χ0) is 17.5. The SMILES string of the molecule is N#Cc1ccc(NC(=O)C[C@H]2CC[C@H](Oc3ccccc3)CC2)cc1. The van der Waals surface area contributed by atoms with Crippen LogP contribution in [0.3, 0.4) is 0 Å². The summed E-state index contributed by atoms with van der Waals surface area (Å²) >= 11 is 0. The summed E-state index contributed by atoms with van der Waals surface area (Å²) < 4.78 is 6.00. The predicted molar refractivity (Wildman–Crippen MR) is 97.2 cm³/mol. The molecule has 0 radical (unpaired) electrons. The molecule has 4 nitrogen and oxygen atoms in total. The van der Waals surface area contributed by atoms with Crippen LogP contribution in [0, 0.1) is 17.2 Å². The average Bonchev–Trinajstić information content (AvgIpc) is 2.65. The third-order valence-electron chi connectivity index (χ3n) is 4.61. The Bertz CT molecular complexity index is 727. The number of hydrogen-bond donors (Lipinski definition) is 1. The standard InChI is InChI=1S/C21H22N2O2/c22-15-17-6-10-18(11-7-17)23-21(24)14-16-8-12-20(13-9-16)25-19-4-2-1-3-5-19/h1-7,10-11,16,20H,8-9,12-14H2,(H,23,24)/t16-,20-. The van der Waals surface area contributed by atoms with Crippen LogP contribution < -0.4 is 10.1 Å². The highest BCUT2D eigenvalue weighted by Crippen LogP contribution is 2.29. The van der Waals surface area contributed by atoms with Gasteiger partial charge in [-0.1, -0.05) is 18.2 Å². The van der Waals surface area contributed by atoms with Crippen molar-refractivity contribution < 1.29 is 9.53 Å². The Balaban J connectivity index is 1.42. The van der Waals surface area contributed by atoms with E-state index < -0.39 is 0 Å². The monoisotopic (exact) mass is 334 g/mol. The first kappa shape index (κ1) is 17.0. The van der Waals surface area contributed by atoms with Gasteiger partial charge in [0.1, 0.15) is 5.75 Å². The van der Waals surface area contributed by atoms with Crippen molar-refractivity contribution in [2.45, 2.75) is 38.2 Å².